The van der Waals surface area contributed by atoms with Gasteiger partial charge in [0.15, 0.2) is 0 Å². The van der Waals surface area contributed by atoms with Crippen molar-refractivity contribution in [2.45, 2.75) is 84.2 Å². The molecule has 0 aromatic carbocycles. The van der Waals surface area contributed by atoms with Gasteiger partial charge in [0.2, 0.25) is 0 Å². The van der Waals surface area contributed by atoms with Crippen LogP contribution in [0.2, 0.25) is 36.3 Å². The molecule has 0 saturated heterocycles. The van der Waals surface area contributed by atoms with Gasteiger partial charge in [-0.2, -0.15) is 0 Å². The summed E-state index contributed by atoms with van der Waals surface area (Å²) in [5, 5.41) is 2.67. The van der Waals surface area contributed by atoms with E-state index in [-0.39, 0.29) is 0 Å². The molecule has 1 rings (SSSR count). The Labute approximate surface area is 128 Å². The lowest BCUT2D eigenvalue weighted by molar-refractivity contribution is 0.339. The predicted molar refractivity (Wildman–Crippen MR) is 96.3 cm³/mol. The normalized spacial score (nSPS) is 17.4. The molecular weight excluding hydrogens is 276 g/mol. The van der Waals surface area contributed by atoms with Crippen molar-refractivity contribution < 1.29 is 4.74 Å². The Morgan fingerprint density at radius 2 is 1.20 bits per heavy atom. The predicted octanol–water partition coefficient (Wildman–Crippen LogP) is 6.27. The summed E-state index contributed by atoms with van der Waals surface area (Å²) >= 11 is 0. The van der Waals surface area contributed by atoms with Gasteiger partial charge in [-0.3, -0.25) is 0 Å². The molecule has 3 heteroatoms. The molecular formula is C17H34OSi2. The van der Waals surface area contributed by atoms with Crippen LogP contribution in [0.4, 0.5) is 0 Å². The highest BCUT2D eigenvalue weighted by atomic mass is 28.3. The van der Waals surface area contributed by atoms with E-state index in [0.717, 1.165) is 23.0 Å². The molecule has 0 aromatic rings. The van der Waals surface area contributed by atoms with Gasteiger partial charge in [0.1, 0.15) is 16.1 Å². The van der Waals surface area contributed by atoms with Crippen molar-refractivity contribution in [3.05, 3.63) is 22.9 Å². The van der Waals surface area contributed by atoms with Crippen LogP contribution in [-0.4, -0.2) is 16.1 Å². The van der Waals surface area contributed by atoms with E-state index >= 15 is 0 Å². The zero-order valence-electron chi connectivity index (χ0n) is 15.0. The van der Waals surface area contributed by atoms with Gasteiger partial charge in [0, 0.05) is 0 Å². The molecule has 0 aromatic heterocycles. The zero-order chi connectivity index (χ0) is 15.7. The van der Waals surface area contributed by atoms with E-state index < -0.39 is 16.1 Å². The molecule has 0 spiro atoms. The highest BCUT2D eigenvalue weighted by molar-refractivity contribution is 6.89. The summed E-state index contributed by atoms with van der Waals surface area (Å²) in [7, 11) is -2.99. The van der Waals surface area contributed by atoms with Crippen molar-refractivity contribution in [3.8, 4) is 0 Å². The Bertz CT molecular complexity index is 376. The van der Waals surface area contributed by atoms with Gasteiger partial charge in [0.05, 0.1) is 10.8 Å². The van der Waals surface area contributed by atoms with Crippen LogP contribution in [0.25, 0.3) is 0 Å². The first-order valence-electron chi connectivity index (χ1n) is 8.13. The summed E-state index contributed by atoms with van der Waals surface area (Å²) in [5.41, 5.74) is 2.15. The molecule has 0 fully saturated rings. The molecule has 116 valence electrons. The van der Waals surface area contributed by atoms with E-state index in [1.165, 1.54) is 10.8 Å². The SMILES string of the molecule is CC(C)[Si](C1=CCC=C([Si](C)(C)C)O1)(C(C)C)C(C)C. The van der Waals surface area contributed by atoms with Crippen LogP contribution in [0.3, 0.4) is 0 Å². The number of rotatable bonds is 5. The lowest BCUT2D eigenvalue weighted by Crippen LogP contribution is -2.48. The number of hydrogen-bond donors (Lipinski definition) is 0. The fraction of sp³-hybridized carbons (Fsp3) is 0.765. The van der Waals surface area contributed by atoms with Gasteiger partial charge in [-0.25, -0.2) is 0 Å². The van der Waals surface area contributed by atoms with Gasteiger partial charge in [-0.05, 0) is 35.2 Å². The maximum absolute atomic E-state index is 6.55. The summed E-state index contributed by atoms with van der Waals surface area (Å²) in [6.07, 6.45) is 5.77. The van der Waals surface area contributed by atoms with Crippen molar-refractivity contribution in [1.29, 1.82) is 0 Å². The molecule has 0 radical (unpaired) electrons. The van der Waals surface area contributed by atoms with E-state index in [1.807, 2.05) is 0 Å². The third-order valence-electron chi connectivity index (χ3n) is 4.86. The van der Waals surface area contributed by atoms with E-state index in [1.54, 1.807) is 0 Å². The fourth-order valence-corrected chi connectivity index (χ4v) is 11.8. The summed E-state index contributed by atoms with van der Waals surface area (Å²) in [6, 6.07) is 0. The molecule has 1 nitrogen and oxygen atoms in total. The minimum absolute atomic E-state index is 0.717. The topological polar surface area (TPSA) is 9.23 Å². The highest BCUT2D eigenvalue weighted by Gasteiger charge is 2.48. The third-order valence-corrected chi connectivity index (χ3v) is 13.5. The van der Waals surface area contributed by atoms with Crippen LogP contribution in [0.5, 0.6) is 0 Å². The Kier molecular flexibility index (Phi) is 5.53. The van der Waals surface area contributed by atoms with Crippen molar-refractivity contribution in [3.63, 3.8) is 0 Å². The maximum Gasteiger partial charge on any atom is 0.139 e. The lowest BCUT2D eigenvalue weighted by Gasteiger charge is -2.45. The standard InChI is InChI=1S/C17H34OSi2/c1-13(2)20(14(3)4,15(5)6)17-12-10-11-16(18-17)19(7,8)9/h11-15H,10H2,1-9H3. The van der Waals surface area contributed by atoms with Gasteiger partial charge >= 0.3 is 0 Å². The van der Waals surface area contributed by atoms with Crippen molar-refractivity contribution >= 4 is 16.1 Å². The number of hydrogen-bond acceptors (Lipinski definition) is 1. The Hall–Kier alpha value is -0.286. The largest absolute Gasteiger partial charge is 0.477 e. The molecule has 1 aliphatic heterocycles. The van der Waals surface area contributed by atoms with Crippen LogP contribution in [0.1, 0.15) is 48.0 Å². The molecule has 0 bridgehead atoms. The summed E-state index contributed by atoms with van der Waals surface area (Å²) < 4.78 is 6.55. The number of allylic oxidation sites excluding steroid dienone is 2. The van der Waals surface area contributed by atoms with Gasteiger partial charge in [0.25, 0.3) is 0 Å². The van der Waals surface area contributed by atoms with Crippen molar-refractivity contribution in [1.82, 2.24) is 0 Å². The second-order valence-electron chi connectivity index (χ2n) is 8.12. The lowest BCUT2D eigenvalue weighted by atomic mass is 10.4. The zero-order valence-corrected chi connectivity index (χ0v) is 17.0. The number of ether oxygens (including phenoxy) is 1. The van der Waals surface area contributed by atoms with Crippen LogP contribution in [0.15, 0.2) is 22.9 Å². The maximum atomic E-state index is 6.55. The minimum Gasteiger partial charge on any atom is -0.477 e. The quantitative estimate of drug-likeness (QED) is 0.544. The smallest absolute Gasteiger partial charge is 0.139 e. The second-order valence-corrected chi connectivity index (χ2v) is 18.9. The summed E-state index contributed by atoms with van der Waals surface area (Å²) in [4.78, 5) is 0. The highest BCUT2D eigenvalue weighted by Crippen LogP contribution is 2.48. The van der Waals surface area contributed by atoms with Crippen LogP contribution in [-0.2, 0) is 4.74 Å². The minimum atomic E-state index is -1.63. The average molecular weight is 311 g/mol. The Balaban J connectivity index is 3.21. The Morgan fingerprint density at radius 3 is 1.55 bits per heavy atom. The van der Waals surface area contributed by atoms with Gasteiger partial charge in [-0.15, -0.1) is 0 Å². The first kappa shape index (κ1) is 17.8. The van der Waals surface area contributed by atoms with Crippen molar-refractivity contribution in [2.75, 3.05) is 0 Å². The summed E-state index contributed by atoms with van der Waals surface area (Å²) in [6.45, 7) is 21.6. The molecule has 1 heterocycles. The van der Waals surface area contributed by atoms with E-state index in [9.17, 15) is 0 Å². The van der Waals surface area contributed by atoms with Gasteiger partial charge < -0.3 is 4.74 Å². The first-order valence-corrected chi connectivity index (χ1v) is 13.9. The summed E-state index contributed by atoms with van der Waals surface area (Å²) in [5.74, 6) is 0. The van der Waals surface area contributed by atoms with Gasteiger partial charge in [-0.1, -0.05) is 61.2 Å². The van der Waals surface area contributed by atoms with E-state index in [0.29, 0.717) is 0 Å². The molecule has 0 N–H and O–H groups in total. The monoisotopic (exact) mass is 310 g/mol. The Morgan fingerprint density at radius 1 is 0.800 bits per heavy atom. The van der Waals surface area contributed by atoms with Crippen LogP contribution >= 0.6 is 0 Å². The van der Waals surface area contributed by atoms with Crippen LogP contribution in [0, 0.1) is 0 Å². The molecule has 0 saturated carbocycles. The second kappa shape index (κ2) is 6.22. The van der Waals surface area contributed by atoms with E-state index in [4.69, 9.17) is 4.74 Å². The molecule has 1 aliphatic rings. The third kappa shape index (κ3) is 3.14. The molecule has 0 atom stereocenters. The molecule has 0 unspecified atom stereocenters. The molecule has 0 aliphatic carbocycles. The molecule has 0 amide bonds. The molecule has 20 heavy (non-hydrogen) atoms. The fourth-order valence-electron chi connectivity index (χ4n) is 4.05. The van der Waals surface area contributed by atoms with Crippen molar-refractivity contribution in [2.24, 2.45) is 0 Å². The van der Waals surface area contributed by atoms with E-state index in [2.05, 4.69) is 73.3 Å². The average Bonchev–Trinajstić information content (AvgIpc) is 2.27. The van der Waals surface area contributed by atoms with Crippen LogP contribution < -0.4 is 0 Å². The first-order chi connectivity index (χ1) is 9.04.